The van der Waals surface area contributed by atoms with Gasteiger partial charge < -0.3 is 9.47 Å². The lowest BCUT2D eigenvalue weighted by molar-refractivity contribution is 0.174. The zero-order valence-corrected chi connectivity index (χ0v) is 13.4. The van der Waals surface area contributed by atoms with E-state index in [1.54, 1.807) is 24.3 Å². The minimum atomic E-state index is -3.60. The second kappa shape index (κ2) is 5.79. The van der Waals surface area contributed by atoms with E-state index in [2.05, 4.69) is 0 Å². The van der Waals surface area contributed by atoms with Gasteiger partial charge in [-0.1, -0.05) is 23.7 Å². The van der Waals surface area contributed by atoms with Crippen LogP contribution < -0.4 is 9.47 Å². The molecule has 0 aliphatic carbocycles. The molecule has 0 amide bonds. The molecule has 0 saturated heterocycles. The summed E-state index contributed by atoms with van der Waals surface area (Å²) in [5.41, 5.74) is 0.817. The van der Waals surface area contributed by atoms with Gasteiger partial charge in [0.15, 0.2) is 11.5 Å². The average Bonchev–Trinajstić information content (AvgIpc) is 2.94. The Morgan fingerprint density at radius 3 is 2.68 bits per heavy atom. The lowest BCUT2D eigenvalue weighted by atomic mass is 10.2. The Morgan fingerprint density at radius 1 is 1.14 bits per heavy atom. The standard InChI is InChI=1S/C15H14ClNO4S/c1-17(22(18,19)13-4-2-3-12(16)8-13)9-11-5-6-14-15(7-11)21-10-20-14/h2-8H,9-10H2,1H3. The smallest absolute Gasteiger partial charge is 0.243 e. The Hall–Kier alpha value is -1.76. The van der Waals surface area contributed by atoms with Crippen LogP contribution in [0.2, 0.25) is 5.02 Å². The van der Waals surface area contributed by atoms with Gasteiger partial charge in [0, 0.05) is 18.6 Å². The second-order valence-corrected chi connectivity index (χ2v) is 7.39. The number of ether oxygens (including phenoxy) is 2. The first-order valence-electron chi connectivity index (χ1n) is 6.57. The van der Waals surface area contributed by atoms with Gasteiger partial charge in [0.25, 0.3) is 0 Å². The Labute approximate surface area is 134 Å². The minimum Gasteiger partial charge on any atom is -0.454 e. The van der Waals surface area contributed by atoms with Crippen molar-refractivity contribution in [3.8, 4) is 11.5 Å². The molecule has 0 N–H and O–H groups in total. The quantitative estimate of drug-likeness (QED) is 0.859. The van der Waals surface area contributed by atoms with Crippen molar-refractivity contribution < 1.29 is 17.9 Å². The van der Waals surface area contributed by atoms with Gasteiger partial charge in [-0.2, -0.15) is 4.31 Å². The molecule has 0 spiro atoms. The van der Waals surface area contributed by atoms with E-state index in [1.165, 1.54) is 23.5 Å². The molecular weight excluding hydrogens is 326 g/mol. The van der Waals surface area contributed by atoms with Crippen molar-refractivity contribution in [2.24, 2.45) is 0 Å². The zero-order valence-electron chi connectivity index (χ0n) is 11.8. The summed E-state index contributed by atoms with van der Waals surface area (Å²) in [6.45, 7) is 0.418. The number of hydrogen-bond acceptors (Lipinski definition) is 4. The Bertz CT molecular complexity index is 807. The molecule has 0 fully saturated rings. The van der Waals surface area contributed by atoms with Crippen LogP contribution in [-0.4, -0.2) is 26.6 Å². The Kier molecular flexibility index (Phi) is 3.99. The molecule has 0 saturated carbocycles. The monoisotopic (exact) mass is 339 g/mol. The lowest BCUT2D eigenvalue weighted by Crippen LogP contribution is -2.26. The molecule has 5 nitrogen and oxygen atoms in total. The lowest BCUT2D eigenvalue weighted by Gasteiger charge is -2.17. The maximum atomic E-state index is 12.5. The van der Waals surface area contributed by atoms with Gasteiger partial charge >= 0.3 is 0 Å². The highest BCUT2D eigenvalue weighted by Crippen LogP contribution is 2.33. The molecule has 116 valence electrons. The van der Waals surface area contributed by atoms with Crippen molar-refractivity contribution in [2.75, 3.05) is 13.8 Å². The maximum Gasteiger partial charge on any atom is 0.243 e. The number of sulfonamides is 1. The van der Waals surface area contributed by atoms with Crippen LogP contribution in [0.3, 0.4) is 0 Å². The second-order valence-electron chi connectivity index (χ2n) is 4.91. The third-order valence-electron chi connectivity index (χ3n) is 3.35. The molecular formula is C15H14ClNO4S. The number of fused-ring (bicyclic) bond motifs is 1. The van der Waals surface area contributed by atoms with Crippen LogP contribution in [0.1, 0.15) is 5.56 Å². The van der Waals surface area contributed by atoms with Crippen LogP contribution in [0, 0.1) is 0 Å². The van der Waals surface area contributed by atoms with E-state index >= 15 is 0 Å². The van der Waals surface area contributed by atoms with Crippen molar-refractivity contribution in [1.82, 2.24) is 4.31 Å². The SMILES string of the molecule is CN(Cc1ccc2c(c1)OCO2)S(=O)(=O)c1cccc(Cl)c1. The summed E-state index contributed by atoms with van der Waals surface area (Å²) in [4.78, 5) is 0.170. The van der Waals surface area contributed by atoms with Gasteiger partial charge in [0.2, 0.25) is 16.8 Å². The molecule has 2 aromatic carbocycles. The predicted molar refractivity (Wildman–Crippen MR) is 82.7 cm³/mol. The van der Waals surface area contributed by atoms with Crippen LogP contribution in [0.5, 0.6) is 11.5 Å². The highest BCUT2D eigenvalue weighted by molar-refractivity contribution is 7.89. The van der Waals surface area contributed by atoms with Crippen LogP contribution in [0.25, 0.3) is 0 Å². The molecule has 0 atom stereocenters. The van der Waals surface area contributed by atoms with Crippen molar-refractivity contribution in [3.63, 3.8) is 0 Å². The number of benzene rings is 2. The molecule has 0 radical (unpaired) electrons. The van der Waals surface area contributed by atoms with Gasteiger partial charge in [0.05, 0.1) is 4.90 Å². The van der Waals surface area contributed by atoms with Gasteiger partial charge in [-0.3, -0.25) is 0 Å². The zero-order chi connectivity index (χ0) is 15.7. The normalized spacial score (nSPS) is 13.6. The Balaban J connectivity index is 1.83. The summed E-state index contributed by atoms with van der Waals surface area (Å²) >= 11 is 5.87. The summed E-state index contributed by atoms with van der Waals surface area (Å²) in [6.07, 6.45) is 0. The third-order valence-corrected chi connectivity index (χ3v) is 5.38. The molecule has 22 heavy (non-hydrogen) atoms. The van der Waals surface area contributed by atoms with Crippen molar-refractivity contribution in [1.29, 1.82) is 0 Å². The minimum absolute atomic E-state index is 0.170. The maximum absolute atomic E-state index is 12.5. The van der Waals surface area contributed by atoms with E-state index in [1.807, 2.05) is 6.07 Å². The van der Waals surface area contributed by atoms with Crippen LogP contribution >= 0.6 is 11.6 Å². The van der Waals surface area contributed by atoms with Gasteiger partial charge in [-0.25, -0.2) is 8.42 Å². The van der Waals surface area contributed by atoms with E-state index in [4.69, 9.17) is 21.1 Å². The summed E-state index contributed by atoms with van der Waals surface area (Å²) < 4.78 is 36.9. The predicted octanol–water partition coefficient (Wildman–Crippen LogP) is 2.89. The summed E-state index contributed by atoms with van der Waals surface area (Å²) in [5, 5.41) is 0.387. The molecule has 7 heteroatoms. The molecule has 0 bridgehead atoms. The largest absolute Gasteiger partial charge is 0.454 e. The first-order chi connectivity index (χ1) is 10.5. The molecule has 0 aromatic heterocycles. The molecule has 2 aromatic rings. The van der Waals surface area contributed by atoms with E-state index in [-0.39, 0.29) is 18.2 Å². The fourth-order valence-electron chi connectivity index (χ4n) is 2.19. The highest BCUT2D eigenvalue weighted by Gasteiger charge is 2.22. The molecule has 3 rings (SSSR count). The summed E-state index contributed by atoms with van der Waals surface area (Å²) in [7, 11) is -2.07. The fraction of sp³-hybridized carbons (Fsp3) is 0.200. The summed E-state index contributed by atoms with van der Waals surface area (Å²) in [6, 6.07) is 11.6. The first kappa shape index (κ1) is 15.1. The first-order valence-corrected chi connectivity index (χ1v) is 8.39. The number of halogens is 1. The highest BCUT2D eigenvalue weighted by atomic mass is 35.5. The molecule has 1 aliphatic heterocycles. The number of nitrogens with zero attached hydrogens (tertiary/aromatic N) is 1. The van der Waals surface area contributed by atoms with E-state index < -0.39 is 10.0 Å². The third kappa shape index (κ3) is 2.90. The van der Waals surface area contributed by atoms with Crippen molar-refractivity contribution >= 4 is 21.6 Å². The van der Waals surface area contributed by atoms with Crippen LogP contribution in [0.15, 0.2) is 47.4 Å². The molecule has 1 aliphatic rings. The number of rotatable bonds is 4. The molecule has 0 unspecified atom stereocenters. The van der Waals surface area contributed by atoms with Crippen LogP contribution in [0.4, 0.5) is 0 Å². The van der Waals surface area contributed by atoms with E-state index in [0.717, 1.165) is 5.56 Å². The molecule has 1 heterocycles. The average molecular weight is 340 g/mol. The van der Waals surface area contributed by atoms with Gasteiger partial charge in [-0.15, -0.1) is 0 Å². The van der Waals surface area contributed by atoms with Crippen molar-refractivity contribution in [3.05, 3.63) is 53.1 Å². The van der Waals surface area contributed by atoms with Gasteiger partial charge in [-0.05, 0) is 35.9 Å². The van der Waals surface area contributed by atoms with Crippen molar-refractivity contribution in [2.45, 2.75) is 11.4 Å². The van der Waals surface area contributed by atoms with E-state index in [9.17, 15) is 8.42 Å². The fourth-order valence-corrected chi connectivity index (χ4v) is 3.65. The Morgan fingerprint density at radius 2 is 1.91 bits per heavy atom. The van der Waals surface area contributed by atoms with Crippen LogP contribution in [-0.2, 0) is 16.6 Å². The number of hydrogen-bond donors (Lipinski definition) is 0. The topological polar surface area (TPSA) is 55.8 Å². The van der Waals surface area contributed by atoms with E-state index in [0.29, 0.717) is 16.5 Å². The van der Waals surface area contributed by atoms with Gasteiger partial charge in [0.1, 0.15) is 0 Å². The summed E-state index contributed by atoms with van der Waals surface area (Å²) in [5.74, 6) is 1.30.